The molecule has 8 heteroatoms. The predicted molar refractivity (Wildman–Crippen MR) is 96.8 cm³/mol. The van der Waals surface area contributed by atoms with Crippen LogP contribution in [0.1, 0.15) is 29.8 Å². The Balaban J connectivity index is 2.16. The number of benzene rings is 1. The molecule has 0 saturated carbocycles. The molecule has 25 heavy (non-hydrogen) atoms. The summed E-state index contributed by atoms with van der Waals surface area (Å²) in [6.07, 6.45) is 1.38. The van der Waals surface area contributed by atoms with Gasteiger partial charge in [-0.2, -0.15) is 10.4 Å². The number of aryl methyl sites for hydroxylation is 1. The molecule has 0 aliphatic rings. The quantitative estimate of drug-likeness (QED) is 0.800. The maximum atomic E-state index is 12.6. The fourth-order valence-corrected chi connectivity index (χ4v) is 2.49. The summed E-state index contributed by atoms with van der Waals surface area (Å²) in [7, 11) is 1.63. The van der Waals surface area contributed by atoms with Gasteiger partial charge in [-0.05, 0) is 30.2 Å². The minimum Gasteiger partial charge on any atom is -0.340 e. The van der Waals surface area contributed by atoms with E-state index in [0.717, 1.165) is 4.47 Å². The standard InChI is InChI=1S/C17H18BrN5O2/c1-10(2)14(21-16(24)11-4-6-13(18)7-5-11)17(25)22-15-12(8-19)9-20-23(15)3/h4-7,9-10,14H,1-3H3,(H,21,24)(H,22,25). The predicted octanol–water partition coefficient (Wildman–Crippen LogP) is 2.45. The van der Waals surface area contributed by atoms with Crippen molar-refractivity contribution < 1.29 is 9.59 Å². The lowest BCUT2D eigenvalue weighted by atomic mass is 10.0. The lowest BCUT2D eigenvalue weighted by Gasteiger charge is -2.22. The fraction of sp³-hybridized carbons (Fsp3) is 0.294. The lowest BCUT2D eigenvalue weighted by molar-refractivity contribution is -0.118. The van der Waals surface area contributed by atoms with Gasteiger partial charge in [0.25, 0.3) is 5.91 Å². The zero-order valence-electron chi connectivity index (χ0n) is 14.1. The second-order valence-electron chi connectivity index (χ2n) is 5.83. The van der Waals surface area contributed by atoms with Gasteiger partial charge in [0, 0.05) is 17.1 Å². The average Bonchev–Trinajstić information content (AvgIpc) is 2.92. The van der Waals surface area contributed by atoms with Gasteiger partial charge in [0.2, 0.25) is 5.91 Å². The zero-order chi connectivity index (χ0) is 18.6. The largest absolute Gasteiger partial charge is 0.340 e. The number of hydrogen-bond acceptors (Lipinski definition) is 4. The Labute approximate surface area is 154 Å². The van der Waals surface area contributed by atoms with Crippen LogP contribution in [0, 0.1) is 17.2 Å². The number of nitriles is 1. The van der Waals surface area contributed by atoms with Crippen molar-refractivity contribution in [1.82, 2.24) is 15.1 Å². The van der Waals surface area contributed by atoms with Crippen LogP contribution in [0.15, 0.2) is 34.9 Å². The van der Waals surface area contributed by atoms with Crippen LogP contribution in [0.4, 0.5) is 5.82 Å². The van der Waals surface area contributed by atoms with Crippen molar-refractivity contribution in [3.05, 3.63) is 46.1 Å². The number of carbonyl (C=O) groups is 2. The Hall–Kier alpha value is -2.66. The van der Waals surface area contributed by atoms with Crippen LogP contribution in [-0.2, 0) is 11.8 Å². The molecule has 2 amide bonds. The fourth-order valence-electron chi connectivity index (χ4n) is 2.22. The number of nitrogens with zero attached hydrogens (tertiary/aromatic N) is 3. The maximum absolute atomic E-state index is 12.6. The third-order valence-electron chi connectivity index (χ3n) is 3.64. The van der Waals surface area contributed by atoms with E-state index < -0.39 is 11.9 Å². The SMILES string of the molecule is CC(C)C(NC(=O)c1ccc(Br)cc1)C(=O)Nc1c(C#N)cnn1C. The highest BCUT2D eigenvalue weighted by molar-refractivity contribution is 9.10. The monoisotopic (exact) mass is 403 g/mol. The molecule has 130 valence electrons. The van der Waals surface area contributed by atoms with E-state index in [1.165, 1.54) is 10.9 Å². The van der Waals surface area contributed by atoms with Gasteiger partial charge in [-0.15, -0.1) is 0 Å². The summed E-state index contributed by atoms with van der Waals surface area (Å²) in [4.78, 5) is 25.0. The van der Waals surface area contributed by atoms with Crippen LogP contribution < -0.4 is 10.6 Å². The summed E-state index contributed by atoms with van der Waals surface area (Å²) >= 11 is 3.32. The molecule has 1 aromatic carbocycles. The molecular formula is C17H18BrN5O2. The molecule has 0 saturated heterocycles. The Bertz CT molecular complexity index is 821. The van der Waals surface area contributed by atoms with E-state index in [2.05, 4.69) is 31.7 Å². The average molecular weight is 404 g/mol. The van der Waals surface area contributed by atoms with Crippen molar-refractivity contribution in [2.75, 3.05) is 5.32 Å². The molecule has 0 bridgehead atoms. The Kier molecular flexibility index (Phi) is 5.93. The number of hydrogen-bond donors (Lipinski definition) is 2. The van der Waals surface area contributed by atoms with Crippen LogP contribution in [-0.4, -0.2) is 27.6 Å². The van der Waals surface area contributed by atoms with Gasteiger partial charge in [0.15, 0.2) is 0 Å². The van der Waals surface area contributed by atoms with E-state index in [-0.39, 0.29) is 17.4 Å². The van der Waals surface area contributed by atoms with Crippen molar-refractivity contribution in [3.63, 3.8) is 0 Å². The van der Waals surface area contributed by atoms with Gasteiger partial charge >= 0.3 is 0 Å². The Morgan fingerprint density at radius 1 is 1.28 bits per heavy atom. The molecule has 7 nitrogen and oxygen atoms in total. The van der Waals surface area contributed by atoms with Crippen molar-refractivity contribution in [2.24, 2.45) is 13.0 Å². The number of carbonyl (C=O) groups excluding carboxylic acids is 2. The molecule has 1 atom stereocenters. The van der Waals surface area contributed by atoms with E-state index in [1.807, 2.05) is 19.9 Å². The first-order valence-electron chi connectivity index (χ1n) is 7.63. The number of rotatable bonds is 5. The second-order valence-corrected chi connectivity index (χ2v) is 6.75. The van der Waals surface area contributed by atoms with Gasteiger partial charge in [-0.25, -0.2) is 0 Å². The lowest BCUT2D eigenvalue weighted by Crippen LogP contribution is -2.47. The van der Waals surface area contributed by atoms with E-state index in [4.69, 9.17) is 5.26 Å². The topological polar surface area (TPSA) is 99.8 Å². The van der Waals surface area contributed by atoms with E-state index in [9.17, 15) is 9.59 Å². The molecule has 0 aliphatic heterocycles. The Morgan fingerprint density at radius 2 is 1.92 bits per heavy atom. The molecule has 2 rings (SSSR count). The van der Waals surface area contributed by atoms with Crippen LogP contribution >= 0.6 is 15.9 Å². The minimum atomic E-state index is -0.752. The number of anilines is 1. The van der Waals surface area contributed by atoms with E-state index in [1.54, 1.807) is 31.3 Å². The second kappa shape index (κ2) is 7.94. The van der Waals surface area contributed by atoms with Crippen molar-refractivity contribution >= 4 is 33.6 Å². The zero-order valence-corrected chi connectivity index (χ0v) is 15.7. The van der Waals surface area contributed by atoms with Gasteiger partial charge in [-0.3, -0.25) is 14.3 Å². The number of nitrogens with one attached hydrogen (secondary N) is 2. The van der Waals surface area contributed by atoms with Crippen molar-refractivity contribution in [2.45, 2.75) is 19.9 Å². The minimum absolute atomic E-state index is 0.141. The molecule has 0 fully saturated rings. The highest BCUT2D eigenvalue weighted by Crippen LogP contribution is 2.15. The summed E-state index contributed by atoms with van der Waals surface area (Å²) in [6, 6.07) is 8.08. The maximum Gasteiger partial charge on any atom is 0.251 e. The van der Waals surface area contributed by atoms with Gasteiger partial charge in [0.05, 0.1) is 6.20 Å². The third kappa shape index (κ3) is 4.45. The van der Waals surface area contributed by atoms with Crippen LogP contribution in [0.2, 0.25) is 0 Å². The van der Waals surface area contributed by atoms with Gasteiger partial charge < -0.3 is 10.6 Å². The molecule has 0 aliphatic carbocycles. The summed E-state index contributed by atoms with van der Waals surface area (Å²) in [5, 5.41) is 18.4. The molecule has 1 aromatic heterocycles. The number of aromatic nitrogens is 2. The molecule has 1 heterocycles. The van der Waals surface area contributed by atoms with E-state index >= 15 is 0 Å². The van der Waals surface area contributed by atoms with Crippen LogP contribution in [0.25, 0.3) is 0 Å². The first kappa shape index (κ1) is 18.7. The smallest absolute Gasteiger partial charge is 0.251 e. The third-order valence-corrected chi connectivity index (χ3v) is 4.17. The van der Waals surface area contributed by atoms with Gasteiger partial charge in [-0.1, -0.05) is 29.8 Å². The number of amides is 2. The Morgan fingerprint density at radius 3 is 2.48 bits per heavy atom. The number of halogens is 1. The first-order valence-corrected chi connectivity index (χ1v) is 8.42. The molecule has 0 radical (unpaired) electrons. The summed E-state index contributed by atoms with van der Waals surface area (Å²) in [5.41, 5.74) is 0.720. The summed E-state index contributed by atoms with van der Waals surface area (Å²) < 4.78 is 2.27. The highest BCUT2D eigenvalue weighted by atomic mass is 79.9. The normalized spacial score (nSPS) is 11.7. The van der Waals surface area contributed by atoms with E-state index in [0.29, 0.717) is 11.4 Å². The highest BCUT2D eigenvalue weighted by Gasteiger charge is 2.26. The van der Waals surface area contributed by atoms with Crippen LogP contribution in [0.3, 0.4) is 0 Å². The molecular weight excluding hydrogens is 386 g/mol. The van der Waals surface area contributed by atoms with Crippen molar-refractivity contribution in [1.29, 1.82) is 5.26 Å². The molecule has 0 spiro atoms. The molecule has 2 N–H and O–H groups in total. The van der Waals surface area contributed by atoms with Gasteiger partial charge in [0.1, 0.15) is 23.5 Å². The first-order chi connectivity index (χ1) is 11.8. The van der Waals surface area contributed by atoms with Crippen molar-refractivity contribution in [3.8, 4) is 6.07 Å². The molecule has 1 unspecified atom stereocenters. The molecule has 2 aromatic rings. The van der Waals surface area contributed by atoms with Crippen LogP contribution in [0.5, 0.6) is 0 Å². The summed E-state index contributed by atoms with van der Waals surface area (Å²) in [5.74, 6) is -0.582. The summed E-state index contributed by atoms with van der Waals surface area (Å²) in [6.45, 7) is 3.67.